The van der Waals surface area contributed by atoms with Gasteiger partial charge in [0, 0.05) is 45.1 Å². The summed E-state index contributed by atoms with van der Waals surface area (Å²) in [6.45, 7) is 4.13. The molecule has 3 heterocycles. The van der Waals surface area contributed by atoms with Crippen molar-refractivity contribution in [1.29, 1.82) is 0 Å². The van der Waals surface area contributed by atoms with E-state index in [1.807, 2.05) is 25.5 Å². The Morgan fingerprint density at radius 1 is 1.32 bits per heavy atom. The third-order valence-corrected chi connectivity index (χ3v) is 3.42. The number of anilines is 1. The molecular weight excluding hydrogens is 282 g/mol. The second kappa shape index (κ2) is 6.10. The maximum atomic E-state index is 5.19. The summed E-state index contributed by atoms with van der Waals surface area (Å²) in [4.78, 5) is 10.8. The quantitative estimate of drug-likeness (QED) is 0.677. The van der Waals surface area contributed by atoms with Gasteiger partial charge in [0.2, 0.25) is 0 Å². The molecule has 116 valence electrons. The highest BCUT2D eigenvalue weighted by Gasteiger charge is 2.14. The molecule has 0 aromatic carbocycles. The van der Waals surface area contributed by atoms with Gasteiger partial charge in [-0.1, -0.05) is 0 Å². The van der Waals surface area contributed by atoms with Crippen molar-refractivity contribution in [3.8, 4) is 0 Å². The maximum Gasteiger partial charge on any atom is 0.254 e. The zero-order valence-corrected chi connectivity index (χ0v) is 13.0. The molecular formula is C14H19N7O. The van der Waals surface area contributed by atoms with E-state index in [1.54, 1.807) is 16.3 Å². The van der Waals surface area contributed by atoms with E-state index in [-0.39, 0.29) is 0 Å². The molecule has 0 saturated carbocycles. The highest BCUT2D eigenvalue weighted by atomic mass is 16.5. The molecule has 3 rings (SSSR count). The van der Waals surface area contributed by atoms with Crippen molar-refractivity contribution >= 4 is 11.6 Å². The summed E-state index contributed by atoms with van der Waals surface area (Å²) < 4.78 is 8.74. The Kier molecular flexibility index (Phi) is 4.01. The van der Waals surface area contributed by atoms with E-state index in [2.05, 4.69) is 32.0 Å². The standard InChI is InChI=1S/C14H19N7O/c1-4-20(8-11-6-16-19(2)7-11)13-5-12(9-22-3)18-14-15-10-17-21(13)14/h5-7,10H,4,8-9H2,1-3H3. The second-order valence-corrected chi connectivity index (χ2v) is 5.05. The Bertz CT molecular complexity index is 763. The van der Waals surface area contributed by atoms with Crippen molar-refractivity contribution in [2.75, 3.05) is 18.6 Å². The van der Waals surface area contributed by atoms with E-state index in [1.165, 1.54) is 6.33 Å². The van der Waals surface area contributed by atoms with Crippen LogP contribution in [0, 0.1) is 0 Å². The average Bonchev–Trinajstić information content (AvgIpc) is 3.13. The Labute approximate surface area is 128 Å². The van der Waals surface area contributed by atoms with Crippen molar-refractivity contribution in [3.63, 3.8) is 0 Å². The fourth-order valence-corrected chi connectivity index (χ4v) is 2.42. The van der Waals surface area contributed by atoms with Gasteiger partial charge in [0.05, 0.1) is 18.5 Å². The molecule has 0 atom stereocenters. The van der Waals surface area contributed by atoms with Crippen LogP contribution < -0.4 is 4.90 Å². The third-order valence-electron chi connectivity index (χ3n) is 3.42. The zero-order valence-electron chi connectivity index (χ0n) is 13.0. The predicted molar refractivity (Wildman–Crippen MR) is 81.4 cm³/mol. The molecule has 0 radical (unpaired) electrons. The number of methoxy groups -OCH3 is 1. The van der Waals surface area contributed by atoms with Crippen LogP contribution in [0.2, 0.25) is 0 Å². The SMILES string of the molecule is CCN(Cc1cnn(C)c1)c1cc(COC)nc2ncnn12. The van der Waals surface area contributed by atoms with E-state index in [0.717, 1.165) is 30.2 Å². The molecule has 0 amide bonds. The summed E-state index contributed by atoms with van der Waals surface area (Å²) in [6.07, 6.45) is 5.40. The molecule has 0 aliphatic heterocycles. The van der Waals surface area contributed by atoms with Gasteiger partial charge in [0.25, 0.3) is 5.78 Å². The molecule has 3 aromatic rings. The van der Waals surface area contributed by atoms with Gasteiger partial charge in [-0.15, -0.1) is 0 Å². The lowest BCUT2D eigenvalue weighted by molar-refractivity contribution is 0.181. The van der Waals surface area contributed by atoms with Gasteiger partial charge in [-0.05, 0) is 6.92 Å². The van der Waals surface area contributed by atoms with Crippen LogP contribution in [0.15, 0.2) is 24.8 Å². The second-order valence-electron chi connectivity index (χ2n) is 5.05. The molecule has 0 bridgehead atoms. The Morgan fingerprint density at radius 3 is 2.86 bits per heavy atom. The molecule has 0 spiro atoms. The lowest BCUT2D eigenvalue weighted by Gasteiger charge is -2.23. The van der Waals surface area contributed by atoms with E-state index in [4.69, 9.17) is 4.74 Å². The van der Waals surface area contributed by atoms with Crippen LogP contribution in [-0.4, -0.2) is 43.0 Å². The summed E-state index contributed by atoms with van der Waals surface area (Å²) in [6, 6.07) is 1.99. The molecule has 0 fully saturated rings. The van der Waals surface area contributed by atoms with Crippen LogP contribution in [0.5, 0.6) is 0 Å². The first-order chi connectivity index (χ1) is 10.7. The van der Waals surface area contributed by atoms with Crippen molar-refractivity contribution in [2.24, 2.45) is 7.05 Å². The number of hydrogen-bond acceptors (Lipinski definition) is 6. The Morgan fingerprint density at radius 2 is 2.18 bits per heavy atom. The summed E-state index contributed by atoms with van der Waals surface area (Å²) >= 11 is 0. The van der Waals surface area contributed by atoms with Crippen LogP contribution in [0.4, 0.5) is 5.82 Å². The van der Waals surface area contributed by atoms with Gasteiger partial charge >= 0.3 is 0 Å². The van der Waals surface area contributed by atoms with Gasteiger partial charge < -0.3 is 9.64 Å². The number of fused-ring (bicyclic) bond motifs is 1. The molecule has 22 heavy (non-hydrogen) atoms. The highest BCUT2D eigenvalue weighted by molar-refractivity contribution is 5.47. The number of nitrogens with zero attached hydrogens (tertiary/aromatic N) is 7. The minimum atomic E-state index is 0.445. The number of ether oxygens (including phenoxy) is 1. The molecule has 3 aromatic heterocycles. The predicted octanol–water partition coefficient (Wildman–Crippen LogP) is 1.03. The van der Waals surface area contributed by atoms with Gasteiger partial charge in [-0.3, -0.25) is 4.68 Å². The van der Waals surface area contributed by atoms with E-state index in [9.17, 15) is 0 Å². The lowest BCUT2D eigenvalue weighted by atomic mass is 10.3. The monoisotopic (exact) mass is 301 g/mol. The highest BCUT2D eigenvalue weighted by Crippen LogP contribution is 2.19. The summed E-state index contributed by atoms with van der Waals surface area (Å²) in [5, 5.41) is 8.50. The topological polar surface area (TPSA) is 73.4 Å². The van der Waals surface area contributed by atoms with Gasteiger partial charge in [0.1, 0.15) is 12.1 Å². The molecule has 0 aliphatic rings. The van der Waals surface area contributed by atoms with Crippen LogP contribution in [-0.2, 0) is 24.9 Å². The van der Waals surface area contributed by atoms with Crippen molar-refractivity contribution in [2.45, 2.75) is 20.1 Å². The van der Waals surface area contributed by atoms with Crippen molar-refractivity contribution in [3.05, 3.63) is 36.0 Å². The number of rotatable bonds is 6. The van der Waals surface area contributed by atoms with Crippen LogP contribution in [0.1, 0.15) is 18.2 Å². The minimum absolute atomic E-state index is 0.445. The fraction of sp³-hybridized carbons (Fsp3) is 0.429. The van der Waals surface area contributed by atoms with Gasteiger partial charge in [0.15, 0.2) is 0 Å². The maximum absolute atomic E-state index is 5.19. The lowest BCUT2D eigenvalue weighted by Crippen LogP contribution is -2.25. The third kappa shape index (κ3) is 2.77. The normalized spacial score (nSPS) is 11.2. The number of aromatic nitrogens is 6. The fourth-order valence-electron chi connectivity index (χ4n) is 2.42. The van der Waals surface area contributed by atoms with Crippen molar-refractivity contribution < 1.29 is 4.74 Å². The van der Waals surface area contributed by atoms with Crippen LogP contribution >= 0.6 is 0 Å². The first-order valence-corrected chi connectivity index (χ1v) is 7.12. The molecule has 0 N–H and O–H groups in total. The number of hydrogen-bond donors (Lipinski definition) is 0. The number of aryl methyl sites for hydroxylation is 1. The van der Waals surface area contributed by atoms with Crippen LogP contribution in [0.3, 0.4) is 0 Å². The average molecular weight is 301 g/mol. The first-order valence-electron chi connectivity index (χ1n) is 7.12. The zero-order chi connectivity index (χ0) is 15.5. The smallest absolute Gasteiger partial charge is 0.254 e. The largest absolute Gasteiger partial charge is 0.378 e. The minimum Gasteiger partial charge on any atom is -0.378 e. The van der Waals surface area contributed by atoms with E-state index < -0.39 is 0 Å². The molecule has 8 heteroatoms. The molecule has 0 saturated heterocycles. The Balaban J connectivity index is 1.99. The summed E-state index contributed by atoms with van der Waals surface area (Å²) in [5.74, 6) is 1.52. The molecule has 0 aliphatic carbocycles. The first kappa shape index (κ1) is 14.5. The molecule has 0 unspecified atom stereocenters. The summed E-state index contributed by atoms with van der Waals surface area (Å²) in [5.41, 5.74) is 1.98. The molecule has 8 nitrogen and oxygen atoms in total. The van der Waals surface area contributed by atoms with E-state index in [0.29, 0.717) is 12.4 Å². The van der Waals surface area contributed by atoms with E-state index >= 15 is 0 Å². The van der Waals surface area contributed by atoms with Crippen molar-refractivity contribution in [1.82, 2.24) is 29.4 Å². The summed E-state index contributed by atoms with van der Waals surface area (Å²) in [7, 11) is 3.57. The van der Waals surface area contributed by atoms with Gasteiger partial charge in [-0.2, -0.15) is 19.7 Å². The van der Waals surface area contributed by atoms with Crippen LogP contribution in [0.25, 0.3) is 5.78 Å². The Hall–Kier alpha value is -2.48. The van der Waals surface area contributed by atoms with Gasteiger partial charge in [-0.25, -0.2) is 4.98 Å².